The Balaban J connectivity index is 1.10. The van der Waals surface area contributed by atoms with Crippen molar-refractivity contribution in [2.24, 2.45) is 0 Å². The van der Waals surface area contributed by atoms with Gasteiger partial charge in [0, 0.05) is 11.1 Å². The van der Waals surface area contributed by atoms with E-state index in [1.165, 1.54) is 38.9 Å². The van der Waals surface area contributed by atoms with Gasteiger partial charge in [-0.3, -0.25) is 0 Å². The van der Waals surface area contributed by atoms with Crippen LogP contribution in [0.25, 0.3) is 61.4 Å². The van der Waals surface area contributed by atoms with Crippen LogP contribution in [0.3, 0.4) is 0 Å². The predicted molar refractivity (Wildman–Crippen MR) is 235 cm³/mol. The van der Waals surface area contributed by atoms with E-state index in [0.717, 1.165) is 75.7 Å². The highest BCUT2D eigenvalue weighted by atomic mass is 16.3. The molecule has 11 rings (SSSR count). The number of fused-ring (bicyclic) bond motifs is 4. The highest BCUT2D eigenvalue weighted by Gasteiger charge is 2.46. The van der Waals surface area contributed by atoms with Gasteiger partial charge in [-0.1, -0.05) is 170 Å². The number of allylic oxidation sites excluding steroid dienone is 8. The van der Waals surface area contributed by atoms with Gasteiger partial charge in [0.2, 0.25) is 5.89 Å². The molecule has 0 fully saturated rings. The van der Waals surface area contributed by atoms with Crippen molar-refractivity contribution in [2.45, 2.75) is 30.6 Å². The van der Waals surface area contributed by atoms with Crippen LogP contribution in [-0.2, 0) is 5.41 Å². The first-order valence-corrected chi connectivity index (χ1v) is 20.2. The molecule has 0 bridgehead atoms. The van der Waals surface area contributed by atoms with Gasteiger partial charge in [0.15, 0.2) is 11.4 Å². The van der Waals surface area contributed by atoms with Crippen molar-refractivity contribution >= 4 is 16.7 Å². The van der Waals surface area contributed by atoms with Crippen LogP contribution in [0.15, 0.2) is 199 Å². The third-order valence-electron chi connectivity index (χ3n) is 12.0. The van der Waals surface area contributed by atoms with E-state index in [1.807, 2.05) is 0 Å². The van der Waals surface area contributed by atoms with Gasteiger partial charge < -0.3 is 4.42 Å². The summed E-state index contributed by atoms with van der Waals surface area (Å²) in [5, 5.41) is 0. The Morgan fingerprint density at radius 2 is 1.26 bits per heavy atom. The van der Waals surface area contributed by atoms with Crippen LogP contribution in [-0.4, -0.2) is 15.0 Å². The summed E-state index contributed by atoms with van der Waals surface area (Å²) in [5.74, 6) is 1.66. The minimum atomic E-state index is -0.618. The summed E-state index contributed by atoms with van der Waals surface area (Å²) in [6.45, 7) is 0. The van der Waals surface area contributed by atoms with E-state index >= 15 is 0 Å². The molecular formula is C54H39N3O. The monoisotopic (exact) mass is 745 g/mol. The number of aromatic nitrogens is 3. The molecule has 0 N–H and O–H groups in total. The van der Waals surface area contributed by atoms with Crippen LogP contribution in [0, 0.1) is 0 Å². The molecule has 0 amide bonds. The average Bonchev–Trinajstić information content (AvgIpc) is 3.87. The molecule has 1 unspecified atom stereocenters. The lowest BCUT2D eigenvalue weighted by atomic mass is 9.67. The molecule has 58 heavy (non-hydrogen) atoms. The largest absolute Gasteiger partial charge is 0.440 e. The van der Waals surface area contributed by atoms with Gasteiger partial charge in [-0.25, -0.2) is 15.0 Å². The maximum Gasteiger partial charge on any atom is 0.202 e. The Hall–Kier alpha value is -7.17. The molecule has 0 aliphatic heterocycles. The minimum absolute atomic E-state index is 0.129. The van der Waals surface area contributed by atoms with Gasteiger partial charge in [0.05, 0.1) is 22.7 Å². The van der Waals surface area contributed by atoms with E-state index in [2.05, 4.69) is 194 Å². The van der Waals surface area contributed by atoms with Gasteiger partial charge in [-0.15, -0.1) is 0 Å². The third-order valence-corrected chi connectivity index (χ3v) is 12.0. The number of nitrogens with zero attached hydrogens (tertiary/aromatic N) is 3. The number of benzene rings is 6. The van der Waals surface area contributed by atoms with E-state index in [-0.39, 0.29) is 5.92 Å². The van der Waals surface area contributed by atoms with Crippen LogP contribution in [0.5, 0.6) is 0 Å². The fourth-order valence-electron chi connectivity index (χ4n) is 9.16. The number of hydrogen-bond acceptors (Lipinski definition) is 4. The van der Waals surface area contributed by atoms with E-state index in [4.69, 9.17) is 19.4 Å². The maximum absolute atomic E-state index is 6.40. The highest BCUT2D eigenvalue weighted by Crippen LogP contribution is 2.57. The van der Waals surface area contributed by atoms with Crippen molar-refractivity contribution < 1.29 is 4.42 Å². The maximum atomic E-state index is 6.40. The Bertz CT molecular complexity index is 2970. The summed E-state index contributed by atoms with van der Waals surface area (Å²) in [7, 11) is 0. The average molecular weight is 746 g/mol. The van der Waals surface area contributed by atoms with Crippen molar-refractivity contribution in [3.8, 4) is 44.8 Å². The summed E-state index contributed by atoms with van der Waals surface area (Å²) in [6, 6.07) is 54.7. The standard InChI is InChI=1S/C54H39N3O/c1-5-15-36(16-6-1)37-25-27-38(28-26-37)48-35-49(56-52(55-48)39-17-7-2-8-18-39)41-29-31-45-44-23-13-14-24-46(44)54(47(45)33-41,42-21-11-4-12-22-42)43-30-32-51-50(34-43)57-53(58-51)40-19-9-3-10-20-40/h1-7,9-17,19,21-35,40H,8,18,20H2/t40-,54?/m0/s1. The predicted octanol–water partition coefficient (Wildman–Crippen LogP) is 13.3. The molecule has 0 saturated carbocycles. The van der Waals surface area contributed by atoms with E-state index in [1.54, 1.807) is 0 Å². The molecule has 8 aromatic rings. The van der Waals surface area contributed by atoms with Gasteiger partial charge in [-0.2, -0.15) is 0 Å². The summed E-state index contributed by atoms with van der Waals surface area (Å²) >= 11 is 0. The molecule has 2 aromatic heterocycles. The Labute approximate surface area is 338 Å². The van der Waals surface area contributed by atoms with E-state index < -0.39 is 5.41 Å². The van der Waals surface area contributed by atoms with Crippen molar-refractivity contribution in [2.75, 3.05) is 0 Å². The minimum Gasteiger partial charge on any atom is -0.440 e. The van der Waals surface area contributed by atoms with Crippen molar-refractivity contribution in [1.29, 1.82) is 0 Å². The first kappa shape index (κ1) is 34.1. The highest BCUT2D eigenvalue weighted by molar-refractivity contribution is 5.89. The zero-order chi connectivity index (χ0) is 38.5. The van der Waals surface area contributed by atoms with Crippen LogP contribution in [0.4, 0.5) is 0 Å². The lowest BCUT2D eigenvalue weighted by molar-refractivity contribution is 0.505. The first-order valence-electron chi connectivity index (χ1n) is 20.2. The molecule has 2 heterocycles. The second kappa shape index (κ2) is 14.1. The van der Waals surface area contributed by atoms with Crippen LogP contribution >= 0.6 is 0 Å². The van der Waals surface area contributed by atoms with Gasteiger partial charge in [0.1, 0.15) is 5.52 Å². The number of hydrogen-bond donors (Lipinski definition) is 0. The van der Waals surface area contributed by atoms with Gasteiger partial charge in [0.25, 0.3) is 0 Å². The molecule has 0 saturated heterocycles. The fraction of sp³-hybridized carbons (Fsp3) is 0.0926. The first-order chi connectivity index (χ1) is 28.7. The van der Waals surface area contributed by atoms with Crippen molar-refractivity contribution in [3.05, 3.63) is 228 Å². The smallest absolute Gasteiger partial charge is 0.202 e. The van der Waals surface area contributed by atoms with Crippen LogP contribution in [0.2, 0.25) is 0 Å². The Kier molecular flexibility index (Phi) is 8.29. The van der Waals surface area contributed by atoms with Crippen molar-refractivity contribution in [1.82, 2.24) is 15.0 Å². The SMILES string of the molecule is C1=CCCC(c2nc(-c3ccc(-c4ccccc4)cc3)cc(-c3ccc4c(c3)C(c3ccccc3)(c3ccc5oc([C@H]6C=CC=CC6)nc5c3)c3ccccc3-4)n2)=C1. The van der Waals surface area contributed by atoms with Gasteiger partial charge in [-0.05, 0) is 93.6 Å². The summed E-state index contributed by atoms with van der Waals surface area (Å²) in [6.07, 6.45) is 17.8. The van der Waals surface area contributed by atoms with Crippen molar-refractivity contribution in [3.63, 3.8) is 0 Å². The second-order valence-electron chi connectivity index (χ2n) is 15.4. The quantitative estimate of drug-likeness (QED) is 0.163. The second-order valence-corrected chi connectivity index (χ2v) is 15.4. The lowest BCUT2D eigenvalue weighted by Gasteiger charge is -2.34. The van der Waals surface area contributed by atoms with Gasteiger partial charge >= 0.3 is 0 Å². The molecule has 3 aliphatic carbocycles. The number of oxazole rings is 1. The van der Waals surface area contributed by atoms with Crippen LogP contribution < -0.4 is 0 Å². The molecular weight excluding hydrogens is 707 g/mol. The molecule has 0 spiro atoms. The summed E-state index contributed by atoms with van der Waals surface area (Å²) in [4.78, 5) is 15.6. The van der Waals surface area contributed by atoms with E-state index in [9.17, 15) is 0 Å². The lowest BCUT2D eigenvalue weighted by Crippen LogP contribution is -2.28. The van der Waals surface area contributed by atoms with Crippen LogP contribution in [0.1, 0.15) is 59.1 Å². The molecule has 276 valence electrons. The topological polar surface area (TPSA) is 51.8 Å². The molecule has 4 heteroatoms. The fourth-order valence-corrected chi connectivity index (χ4v) is 9.16. The Morgan fingerprint density at radius 1 is 0.534 bits per heavy atom. The molecule has 2 atom stereocenters. The molecule has 0 radical (unpaired) electrons. The molecule has 4 nitrogen and oxygen atoms in total. The molecule has 3 aliphatic rings. The number of rotatable bonds is 7. The zero-order valence-corrected chi connectivity index (χ0v) is 31.9. The van der Waals surface area contributed by atoms with E-state index in [0.29, 0.717) is 0 Å². The Morgan fingerprint density at radius 3 is 2.05 bits per heavy atom. The molecule has 6 aromatic carbocycles. The summed E-state index contributed by atoms with van der Waals surface area (Å²) < 4.78 is 6.40. The zero-order valence-electron chi connectivity index (χ0n) is 31.9. The normalized spacial score (nSPS) is 17.9. The summed E-state index contributed by atoms with van der Waals surface area (Å²) in [5.41, 5.74) is 15.7. The third kappa shape index (κ3) is 5.71.